The third-order valence-corrected chi connectivity index (χ3v) is 4.10. The van der Waals surface area contributed by atoms with E-state index in [0.29, 0.717) is 17.4 Å². The Balaban J connectivity index is 1.81. The maximum Gasteiger partial charge on any atom is 0.254 e. The lowest BCUT2D eigenvalue weighted by Gasteiger charge is -2.05. The van der Waals surface area contributed by atoms with E-state index in [-0.39, 0.29) is 5.91 Å². The van der Waals surface area contributed by atoms with E-state index in [1.54, 1.807) is 22.6 Å². The molecule has 21 heavy (non-hydrogen) atoms. The van der Waals surface area contributed by atoms with Crippen LogP contribution in [-0.2, 0) is 0 Å². The summed E-state index contributed by atoms with van der Waals surface area (Å²) in [6.45, 7) is 3.94. The highest BCUT2D eigenvalue weighted by atomic mass is 32.2. The number of aromatic nitrogens is 4. The molecule has 1 N–H and O–H groups in total. The second-order valence-corrected chi connectivity index (χ2v) is 6.25. The van der Waals surface area contributed by atoms with Crippen LogP contribution in [-0.4, -0.2) is 37.7 Å². The molecule has 6 nitrogen and oxygen atoms in total. The molecule has 1 fully saturated rings. The number of nitrogens with one attached hydrogen (secondary N) is 1. The molecule has 1 aliphatic carbocycles. The van der Waals surface area contributed by atoms with Gasteiger partial charge >= 0.3 is 0 Å². The Labute approximate surface area is 127 Å². The third kappa shape index (κ3) is 3.07. The maximum atomic E-state index is 12.1. The van der Waals surface area contributed by atoms with Crippen LogP contribution < -0.4 is 5.32 Å². The van der Waals surface area contributed by atoms with Crippen molar-refractivity contribution in [2.75, 3.05) is 5.75 Å². The molecule has 2 heterocycles. The molecule has 110 valence electrons. The van der Waals surface area contributed by atoms with Crippen LogP contribution in [0.2, 0.25) is 0 Å². The van der Waals surface area contributed by atoms with Gasteiger partial charge in [-0.15, -0.1) is 22.0 Å². The van der Waals surface area contributed by atoms with Gasteiger partial charge in [-0.3, -0.25) is 4.79 Å². The lowest BCUT2D eigenvalue weighted by molar-refractivity contribution is 0.0950. The SMILES string of the molecule is CCSc1ccc(-n2ncc(C(=O)NC3CC3)c2C)nn1. The van der Waals surface area contributed by atoms with E-state index in [1.165, 1.54) is 0 Å². The van der Waals surface area contributed by atoms with Gasteiger partial charge in [0.25, 0.3) is 5.91 Å². The molecule has 0 unspecified atom stereocenters. The molecule has 1 aliphatic rings. The average Bonchev–Trinajstić information content (AvgIpc) is 3.20. The largest absolute Gasteiger partial charge is 0.349 e. The minimum atomic E-state index is -0.0626. The summed E-state index contributed by atoms with van der Waals surface area (Å²) >= 11 is 1.64. The highest BCUT2D eigenvalue weighted by Crippen LogP contribution is 2.20. The van der Waals surface area contributed by atoms with Crippen molar-refractivity contribution in [3.63, 3.8) is 0 Å². The summed E-state index contributed by atoms with van der Waals surface area (Å²) in [5.74, 6) is 1.52. The Morgan fingerprint density at radius 2 is 2.24 bits per heavy atom. The normalized spacial score (nSPS) is 14.2. The van der Waals surface area contributed by atoms with Crippen molar-refractivity contribution < 1.29 is 4.79 Å². The first kappa shape index (κ1) is 14.1. The number of nitrogens with zero attached hydrogens (tertiary/aromatic N) is 4. The van der Waals surface area contributed by atoms with Crippen LogP contribution >= 0.6 is 11.8 Å². The van der Waals surface area contributed by atoms with Crippen molar-refractivity contribution in [3.05, 3.63) is 29.6 Å². The van der Waals surface area contributed by atoms with Gasteiger partial charge in [0.15, 0.2) is 5.82 Å². The van der Waals surface area contributed by atoms with Gasteiger partial charge in [-0.25, -0.2) is 4.68 Å². The van der Waals surface area contributed by atoms with Crippen LogP contribution in [0.15, 0.2) is 23.4 Å². The van der Waals surface area contributed by atoms with Crippen molar-refractivity contribution in [2.24, 2.45) is 0 Å². The summed E-state index contributed by atoms with van der Waals surface area (Å²) in [5, 5.41) is 16.4. The fraction of sp³-hybridized carbons (Fsp3) is 0.429. The van der Waals surface area contributed by atoms with Gasteiger partial charge in [-0.05, 0) is 37.7 Å². The first-order chi connectivity index (χ1) is 10.2. The fourth-order valence-corrected chi connectivity index (χ4v) is 2.56. The van der Waals surface area contributed by atoms with Crippen LogP contribution in [0.3, 0.4) is 0 Å². The average molecular weight is 303 g/mol. The summed E-state index contributed by atoms with van der Waals surface area (Å²) in [5.41, 5.74) is 1.37. The molecule has 0 bridgehead atoms. The monoisotopic (exact) mass is 303 g/mol. The molecule has 0 aromatic carbocycles. The number of carbonyl (C=O) groups is 1. The van der Waals surface area contributed by atoms with Crippen LogP contribution in [0.1, 0.15) is 35.8 Å². The molecule has 2 aromatic heterocycles. The Morgan fingerprint density at radius 1 is 1.43 bits per heavy atom. The molecule has 0 aliphatic heterocycles. The lowest BCUT2D eigenvalue weighted by Crippen LogP contribution is -2.25. The molecule has 2 aromatic rings. The zero-order chi connectivity index (χ0) is 14.8. The highest BCUT2D eigenvalue weighted by molar-refractivity contribution is 7.99. The highest BCUT2D eigenvalue weighted by Gasteiger charge is 2.25. The van der Waals surface area contributed by atoms with Gasteiger partial charge in [-0.2, -0.15) is 5.10 Å². The zero-order valence-electron chi connectivity index (χ0n) is 12.0. The van der Waals surface area contributed by atoms with Gasteiger partial charge in [-0.1, -0.05) is 6.92 Å². The van der Waals surface area contributed by atoms with E-state index in [4.69, 9.17) is 0 Å². The van der Waals surface area contributed by atoms with E-state index in [2.05, 4.69) is 27.5 Å². The number of hydrogen-bond donors (Lipinski definition) is 1. The van der Waals surface area contributed by atoms with Gasteiger partial charge in [0, 0.05) is 6.04 Å². The Hall–Kier alpha value is -1.89. The molecule has 7 heteroatoms. The first-order valence-corrected chi connectivity index (χ1v) is 8.00. The van der Waals surface area contributed by atoms with Crippen LogP contribution in [0.5, 0.6) is 0 Å². The molecule has 0 radical (unpaired) electrons. The lowest BCUT2D eigenvalue weighted by atomic mass is 10.2. The van der Waals surface area contributed by atoms with E-state index in [1.807, 2.05) is 19.1 Å². The molecule has 1 amide bonds. The number of carbonyl (C=O) groups excluding carboxylic acids is 1. The van der Waals surface area contributed by atoms with Crippen molar-refractivity contribution in [3.8, 4) is 5.82 Å². The number of rotatable bonds is 5. The number of hydrogen-bond acceptors (Lipinski definition) is 5. The summed E-state index contributed by atoms with van der Waals surface area (Å²) in [6, 6.07) is 4.13. The van der Waals surface area contributed by atoms with Crippen LogP contribution in [0.4, 0.5) is 0 Å². The van der Waals surface area contributed by atoms with Crippen LogP contribution in [0, 0.1) is 6.92 Å². The maximum absolute atomic E-state index is 12.1. The Kier molecular flexibility index (Phi) is 3.92. The zero-order valence-corrected chi connectivity index (χ0v) is 12.9. The number of thioether (sulfide) groups is 1. The molecule has 0 saturated heterocycles. The minimum absolute atomic E-state index is 0.0626. The second kappa shape index (κ2) is 5.85. The van der Waals surface area contributed by atoms with Crippen molar-refractivity contribution in [1.29, 1.82) is 0 Å². The molecule has 3 rings (SSSR count). The van der Waals surface area contributed by atoms with E-state index >= 15 is 0 Å². The van der Waals surface area contributed by atoms with E-state index in [9.17, 15) is 4.79 Å². The molecule has 0 spiro atoms. The Morgan fingerprint density at radius 3 is 2.86 bits per heavy atom. The number of amides is 1. The van der Waals surface area contributed by atoms with Crippen LogP contribution in [0.25, 0.3) is 5.82 Å². The summed E-state index contributed by atoms with van der Waals surface area (Å²) < 4.78 is 1.65. The van der Waals surface area contributed by atoms with E-state index < -0.39 is 0 Å². The fourth-order valence-electron chi connectivity index (χ4n) is 2.01. The standard InChI is InChI=1S/C14H17N5OS/c1-3-21-13-7-6-12(17-18-13)19-9(2)11(8-15-19)14(20)16-10-4-5-10/h6-8,10H,3-5H2,1-2H3,(H,16,20). The van der Waals surface area contributed by atoms with Gasteiger partial charge in [0.05, 0.1) is 17.5 Å². The molecular formula is C14H17N5OS. The quantitative estimate of drug-likeness (QED) is 0.855. The summed E-state index contributed by atoms with van der Waals surface area (Å²) in [7, 11) is 0. The first-order valence-electron chi connectivity index (χ1n) is 7.01. The molecule has 0 atom stereocenters. The predicted molar refractivity (Wildman–Crippen MR) is 80.8 cm³/mol. The summed E-state index contributed by atoms with van der Waals surface area (Å²) in [6.07, 6.45) is 3.73. The van der Waals surface area contributed by atoms with Crippen molar-refractivity contribution in [2.45, 2.75) is 37.8 Å². The Bertz CT molecular complexity index is 648. The van der Waals surface area contributed by atoms with Crippen molar-refractivity contribution in [1.82, 2.24) is 25.3 Å². The smallest absolute Gasteiger partial charge is 0.254 e. The van der Waals surface area contributed by atoms with Gasteiger partial charge in [0.2, 0.25) is 0 Å². The molecular weight excluding hydrogens is 286 g/mol. The summed E-state index contributed by atoms with van der Waals surface area (Å²) in [4.78, 5) is 12.1. The second-order valence-electron chi connectivity index (χ2n) is 4.97. The third-order valence-electron chi connectivity index (χ3n) is 3.30. The minimum Gasteiger partial charge on any atom is -0.349 e. The predicted octanol–water partition coefficient (Wildman–Crippen LogP) is 1.97. The molecule has 1 saturated carbocycles. The van der Waals surface area contributed by atoms with Gasteiger partial charge < -0.3 is 5.32 Å². The van der Waals surface area contributed by atoms with Gasteiger partial charge in [0.1, 0.15) is 5.03 Å². The van der Waals surface area contributed by atoms with E-state index in [0.717, 1.165) is 29.3 Å². The topological polar surface area (TPSA) is 72.7 Å². The van der Waals surface area contributed by atoms with Crippen molar-refractivity contribution >= 4 is 17.7 Å².